The van der Waals surface area contributed by atoms with E-state index in [0.717, 1.165) is 12.2 Å². The normalized spacial score (nSPS) is 14.2. The lowest BCUT2D eigenvalue weighted by molar-refractivity contribution is 0.324. The van der Waals surface area contributed by atoms with Crippen LogP contribution in [0.3, 0.4) is 0 Å². The van der Waals surface area contributed by atoms with Crippen molar-refractivity contribution in [1.82, 2.24) is 20.2 Å². The molecule has 1 aromatic heterocycles. The van der Waals surface area contributed by atoms with Crippen LogP contribution in [0.4, 0.5) is 0 Å². The summed E-state index contributed by atoms with van der Waals surface area (Å²) in [4.78, 5) is 10.7. The SMILES string of the molecule is CC(NC(CN(C)C)c1ccccc1)c1cnccn1. The van der Waals surface area contributed by atoms with Crippen molar-refractivity contribution < 1.29 is 0 Å². The molecule has 106 valence electrons. The fraction of sp³-hybridized carbons (Fsp3) is 0.375. The number of hydrogen-bond donors (Lipinski definition) is 1. The molecule has 4 nitrogen and oxygen atoms in total. The molecule has 1 aromatic carbocycles. The molecule has 1 heterocycles. The van der Waals surface area contributed by atoms with Crippen molar-refractivity contribution in [3.63, 3.8) is 0 Å². The summed E-state index contributed by atoms with van der Waals surface area (Å²) in [6.07, 6.45) is 5.25. The molecule has 0 aliphatic heterocycles. The Balaban J connectivity index is 2.12. The van der Waals surface area contributed by atoms with Crippen molar-refractivity contribution in [2.75, 3.05) is 20.6 Å². The second-order valence-electron chi connectivity index (χ2n) is 5.24. The van der Waals surface area contributed by atoms with Crippen LogP contribution in [-0.2, 0) is 0 Å². The first kappa shape index (κ1) is 14.6. The molecule has 0 radical (unpaired) electrons. The average molecular weight is 270 g/mol. The third-order valence-corrected chi connectivity index (χ3v) is 3.23. The van der Waals surface area contributed by atoms with Gasteiger partial charge in [-0.15, -0.1) is 0 Å². The minimum atomic E-state index is 0.161. The Labute approximate surface area is 120 Å². The van der Waals surface area contributed by atoms with Gasteiger partial charge in [0.25, 0.3) is 0 Å². The van der Waals surface area contributed by atoms with E-state index in [4.69, 9.17) is 0 Å². The minimum absolute atomic E-state index is 0.161. The van der Waals surface area contributed by atoms with Crippen LogP contribution in [0.1, 0.15) is 30.3 Å². The molecule has 0 bridgehead atoms. The molecular weight excluding hydrogens is 248 g/mol. The molecule has 2 unspecified atom stereocenters. The lowest BCUT2D eigenvalue weighted by atomic mass is 10.0. The van der Waals surface area contributed by atoms with Crippen LogP contribution >= 0.6 is 0 Å². The standard InChI is InChI=1S/C16H22N4/c1-13(15-11-17-9-10-18-15)19-16(12-20(2)3)14-7-5-4-6-8-14/h4-11,13,16,19H,12H2,1-3H3. The number of benzene rings is 1. The molecule has 2 rings (SSSR count). The first-order chi connectivity index (χ1) is 9.66. The summed E-state index contributed by atoms with van der Waals surface area (Å²) in [5.74, 6) is 0. The number of rotatable bonds is 6. The summed E-state index contributed by atoms with van der Waals surface area (Å²) < 4.78 is 0. The van der Waals surface area contributed by atoms with Gasteiger partial charge in [-0.3, -0.25) is 9.97 Å². The summed E-state index contributed by atoms with van der Waals surface area (Å²) in [5, 5.41) is 3.64. The molecule has 0 aliphatic carbocycles. The zero-order chi connectivity index (χ0) is 14.4. The zero-order valence-electron chi connectivity index (χ0n) is 12.3. The maximum atomic E-state index is 4.37. The summed E-state index contributed by atoms with van der Waals surface area (Å²) in [6, 6.07) is 10.9. The van der Waals surface area contributed by atoms with Crippen LogP contribution in [0.15, 0.2) is 48.9 Å². The number of aromatic nitrogens is 2. The summed E-state index contributed by atoms with van der Waals surface area (Å²) in [7, 11) is 4.18. The van der Waals surface area contributed by atoms with E-state index in [1.54, 1.807) is 12.4 Å². The van der Waals surface area contributed by atoms with Gasteiger partial charge in [0.2, 0.25) is 0 Å². The minimum Gasteiger partial charge on any atom is -0.308 e. The summed E-state index contributed by atoms with van der Waals surface area (Å²) >= 11 is 0. The highest BCUT2D eigenvalue weighted by Crippen LogP contribution is 2.18. The van der Waals surface area contributed by atoms with E-state index in [9.17, 15) is 0 Å². The number of hydrogen-bond acceptors (Lipinski definition) is 4. The van der Waals surface area contributed by atoms with E-state index >= 15 is 0 Å². The Morgan fingerprint density at radius 2 is 1.90 bits per heavy atom. The van der Waals surface area contributed by atoms with Crippen LogP contribution in [-0.4, -0.2) is 35.5 Å². The average Bonchev–Trinajstić information content (AvgIpc) is 2.48. The van der Waals surface area contributed by atoms with E-state index in [-0.39, 0.29) is 12.1 Å². The van der Waals surface area contributed by atoms with Gasteiger partial charge in [-0.1, -0.05) is 30.3 Å². The van der Waals surface area contributed by atoms with Gasteiger partial charge in [-0.25, -0.2) is 0 Å². The Morgan fingerprint density at radius 1 is 1.15 bits per heavy atom. The van der Waals surface area contributed by atoms with Crippen molar-refractivity contribution in [2.24, 2.45) is 0 Å². The molecule has 2 atom stereocenters. The highest BCUT2D eigenvalue weighted by atomic mass is 15.1. The molecule has 0 aliphatic rings. The Hall–Kier alpha value is -1.78. The van der Waals surface area contributed by atoms with Crippen LogP contribution in [0.5, 0.6) is 0 Å². The van der Waals surface area contributed by atoms with Crippen molar-refractivity contribution in [3.05, 3.63) is 60.2 Å². The van der Waals surface area contributed by atoms with Crippen molar-refractivity contribution in [2.45, 2.75) is 19.0 Å². The van der Waals surface area contributed by atoms with Gasteiger partial charge in [0, 0.05) is 37.2 Å². The van der Waals surface area contributed by atoms with E-state index < -0.39 is 0 Å². The lowest BCUT2D eigenvalue weighted by Crippen LogP contribution is -2.33. The number of nitrogens with zero attached hydrogens (tertiary/aromatic N) is 3. The Bertz CT molecular complexity index is 498. The highest BCUT2D eigenvalue weighted by molar-refractivity contribution is 5.20. The highest BCUT2D eigenvalue weighted by Gasteiger charge is 2.16. The Kier molecular flexibility index (Phi) is 5.21. The van der Waals surface area contributed by atoms with Crippen LogP contribution in [0.2, 0.25) is 0 Å². The third kappa shape index (κ3) is 4.11. The molecule has 20 heavy (non-hydrogen) atoms. The second-order valence-corrected chi connectivity index (χ2v) is 5.24. The van der Waals surface area contributed by atoms with Crippen LogP contribution in [0, 0.1) is 0 Å². The summed E-state index contributed by atoms with van der Waals surface area (Å²) in [5.41, 5.74) is 2.25. The molecule has 0 spiro atoms. The molecule has 0 saturated carbocycles. The van der Waals surface area contributed by atoms with Gasteiger partial charge in [-0.05, 0) is 26.6 Å². The van der Waals surface area contributed by atoms with Gasteiger partial charge >= 0.3 is 0 Å². The topological polar surface area (TPSA) is 41.0 Å². The van der Waals surface area contributed by atoms with Gasteiger partial charge < -0.3 is 10.2 Å². The van der Waals surface area contributed by atoms with Crippen molar-refractivity contribution in [3.8, 4) is 0 Å². The molecule has 0 amide bonds. The maximum absolute atomic E-state index is 4.37. The molecule has 0 saturated heterocycles. The first-order valence-corrected chi connectivity index (χ1v) is 6.88. The second kappa shape index (κ2) is 7.12. The fourth-order valence-electron chi connectivity index (χ4n) is 2.23. The lowest BCUT2D eigenvalue weighted by Gasteiger charge is -2.26. The Morgan fingerprint density at radius 3 is 2.50 bits per heavy atom. The zero-order valence-corrected chi connectivity index (χ0v) is 12.3. The fourth-order valence-corrected chi connectivity index (χ4v) is 2.23. The van der Waals surface area contributed by atoms with Crippen molar-refractivity contribution in [1.29, 1.82) is 0 Å². The predicted molar refractivity (Wildman–Crippen MR) is 81.3 cm³/mol. The molecule has 1 N–H and O–H groups in total. The molecular formula is C16H22N4. The third-order valence-electron chi connectivity index (χ3n) is 3.23. The molecule has 0 fully saturated rings. The predicted octanol–water partition coefficient (Wildman–Crippen LogP) is 2.43. The van der Waals surface area contributed by atoms with Crippen LogP contribution < -0.4 is 5.32 Å². The largest absolute Gasteiger partial charge is 0.308 e. The van der Waals surface area contributed by atoms with E-state index in [1.807, 2.05) is 12.3 Å². The quantitative estimate of drug-likeness (QED) is 0.875. The van der Waals surface area contributed by atoms with Gasteiger partial charge in [0.15, 0.2) is 0 Å². The molecule has 2 aromatic rings. The smallest absolute Gasteiger partial charge is 0.0753 e. The number of likely N-dealkylation sites (N-methyl/N-ethyl adjacent to an activating group) is 1. The maximum Gasteiger partial charge on any atom is 0.0753 e. The van der Waals surface area contributed by atoms with Gasteiger partial charge in [-0.2, -0.15) is 0 Å². The number of nitrogens with one attached hydrogen (secondary N) is 1. The molecule has 4 heteroatoms. The van der Waals surface area contributed by atoms with Crippen molar-refractivity contribution >= 4 is 0 Å². The van der Waals surface area contributed by atoms with E-state index in [1.165, 1.54) is 5.56 Å². The monoisotopic (exact) mass is 270 g/mol. The summed E-state index contributed by atoms with van der Waals surface area (Å²) in [6.45, 7) is 3.06. The first-order valence-electron chi connectivity index (χ1n) is 6.88. The van der Waals surface area contributed by atoms with Crippen LogP contribution in [0.25, 0.3) is 0 Å². The van der Waals surface area contributed by atoms with Gasteiger partial charge in [0.05, 0.1) is 5.69 Å². The van der Waals surface area contributed by atoms with Gasteiger partial charge in [0.1, 0.15) is 0 Å². The van der Waals surface area contributed by atoms with E-state index in [0.29, 0.717) is 0 Å². The van der Waals surface area contributed by atoms with E-state index in [2.05, 4.69) is 65.5 Å².